The number of nitrogens with one attached hydrogen (secondary N) is 2. The summed E-state index contributed by atoms with van der Waals surface area (Å²) in [4.78, 5) is 33.4. The van der Waals surface area contributed by atoms with E-state index in [1.165, 1.54) is 0 Å². The summed E-state index contributed by atoms with van der Waals surface area (Å²) in [5, 5.41) is 21.5. The van der Waals surface area contributed by atoms with E-state index in [9.17, 15) is 14.7 Å². The summed E-state index contributed by atoms with van der Waals surface area (Å²) >= 11 is 0. The first-order valence-corrected chi connectivity index (χ1v) is 15.4. The number of carbonyl (C=O) groups excluding carboxylic acids is 2. The predicted molar refractivity (Wildman–Crippen MR) is 168 cm³/mol. The lowest BCUT2D eigenvalue weighted by molar-refractivity contribution is -0.130. The van der Waals surface area contributed by atoms with Crippen molar-refractivity contribution >= 4 is 11.8 Å². The van der Waals surface area contributed by atoms with Crippen LogP contribution in [0.3, 0.4) is 0 Å². The van der Waals surface area contributed by atoms with Crippen molar-refractivity contribution in [1.29, 1.82) is 0 Å². The number of nitrogens with zero attached hydrogens (tertiary/aromatic N) is 4. The Balaban J connectivity index is 1.15. The number of hydrogen-bond donors (Lipinski definition) is 3. The van der Waals surface area contributed by atoms with Crippen LogP contribution >= 0.6 is 0 Å². The average molecular weight is 611 g/mol. The molecule has 6 rings (SSSR count). The fourth-order valence-corrected chi connectivity index (χ4v) is 5.24. The molecule has 0 bridgehead atoms. The minimum Gasteiger partial charge on any atom is -0.492 e. The second-order valence-corrected chi connectivity index (χ2v) is 11.3. The van der Waals surface area contributed by atoms with Crippen LogP contribution in [0.15, 0.2) is 85.2 Å². The Morgan fingerprint density at radius 2 is 1.78 bits per heavy atom. The molecule has 2 aromatic heterocycles. The molecule has 11 heteroatoms. The first-order valence-electron chi connectivity index (χ1n) is 15.4. The fourth-order valence-electron chi connectivity index (χ4n) is 5.24. The average Bonchev–Trinajstić information content (AvgIpc) is 3.76. The zero-order valence-electron chi connectivity index (χ0n) is 25.0. The number of pyridine rings is 1. The van der Waals surface area contributed by atoms with Gasteiger partial charge in [0.15, 0.2) is 11.9 Å². The van der Waals surface area contributed by atoms with Gasteiger partial charge >= 0.3 is 0 Å². The van der Waals surface area contributed by atoms with Crippen LogP contribution in [0, 0.1) is 0 Å². The Kier molecular flexibility index (Phi) is 9.79. The maximum Gasteiger partial charge on any atom is 0.255 e. The molecule has 3 heterocycles. The van der Waals surface area contributed by atoms with Crippen molar-refractivity contribution in [3.63, 3.8) is 0 Å². The molecular formula is C34H38N6O5. The molecule has 234 valence electrons. The van der Waals surface area contributed by atoms with Crippen LogP contribution in [0.4, 0.5) is 0 Å². The quantitative estimate of drug-likeness (QED) is 0.211. The Morgan fingerprint density at radius 3 is 2.53 bits per heavy atom. The van der Waals surface area contributed by atoms with E-state index >= 15 is 0 Å². The van der Waals surface area contributed by atoms with E-state index in [4.69, 9.17) is 9.47 Å². The standard InChI is InChI=1S/C34H38N6O5/c41-31(34(43)36-26-10-11-26)30(23-24-8-12-27(13-9-24)45-22-19-39-17-20-44-21-18-39)37-33(42)28-7-4-15-35-32(28)40-16-14-29(38-40)25-5-2-1-3-6-25/h1-9,12-16,26,30-31,41H,10-11,17-23H2,(H,36,43)(H,37,42). The van der Waals surface area contributed by atoms with Crippen LogP contribution in [-0.4, -0.2) is 94.2 Å². The third kappa shape index (κ3) is 8.13. The topological polar surface area (TPSA) is 131 Å². The minimum atomic E-state index is -1.45. The molecule has 1 saturated carbocycles. The lowest BCUT2D eigenvalue weighted by Gasteiger charge is -2.26. The second-order valence-electron chi connectivity index (χ2n) is 11.3. The SMILES string of the molecule is O=C(NC(Cc1ccc(OCCN2CCOCC2)cc1)C(O)C(=O)NC1CC1)c1cccnc1-n1ccc(-c2ccccc2)n1. The molecule has 45 heavy (non-hydrogen) atoms. The Morgan fingerprint density at radius 1 is 1.00 bits per heavy atom. The number of rotatable bonds is 13. The van der Waals surface area contributed by atoms with Crippen molar-refractivity contribution < 1.29 is 24.2 Å². The number of aliphatic hydroxyl groups is 1. The maximum atomic E-state index is 13.7. The summed E-state index contributed by atoms with van der Waals surface area (Å²) < 4.78 is 12.9. The van der Waals surface area contributed by atoms with Gasteiger partial charge in [-0.25, -0.2) is 9.67 Å². The molecular weight excluding hydrogens is 572 g/mol. The largest absolute Gasteiger partial charge is 0.492 e. The van der Waals surface area contributed by atoms with Crippen LogP contribution < -0.4 is 15.4 Å². The van der Waals surface area contributed by atoms with Gasteiger partial charge in [-0.1, -0.05) is 42.5 Å². The fraction of sp³-hybridized carbons (Fsp3) is 0.353. The summed E-state index contributed by atoms with van der Waals surface area (Å²) in [7, 11) is 0. The molecule has 2 fully saturated rings. The van der Waals surface area contributed by atoms with Crippen molar-refractivity contribution in [2.45, 2.75) is 37.5 Å². The van der Waals surface area contributed by atoms with Crippen molar-refractivity contribution in [2.75, 3.05) is 39.5 Å². The highest BCUT2D eigenvalue weighted by Crippen LogP contribution is 2.21. The number of aromatic nitrogens is 3. The molecule has 3 N–H and O–H groups in total. The van der Waals surface area contributed by atoms with Crippen molar-refractivity contribution in [2.24, 2.45) is 0 Å². The highest BCUT2D eigenvalue weighted by Gasteiger charge is 2.33. The molecule has 2 aromatic carbocycles. The van der Waals surface area contributed by atoms with Crippen LogP contribution in [0.2, 0.25) is 0 Å². The van der Waals surface area contributed by atoms with Gasteiger partial charge < -0.3 is 25.2 Å². The summed E-state index contributed by atoms with van der Waals surface area (Å²) in [5.41, 5.74) is 2.79. The molecule has 2 unspecified atom stereocenters. The van der Waals surface area contributed by atoms with Crippen LogP contribution in [0.1, 0.15) is 28.8 Å². The van der Waals surface area contributed by atoms with Gasteiger partial charge in [-0.2, -0.15) is 5.10 Å². The molecule has 11 nitrogen and oxygen atoms in total. The van der Waals surface area contributed by atoms with Gasteiger partial charge in [-0.15, -0.1) is 0 Å². The van der Waals surface area contributed by atoms with Gasteiger partial charge in [-0.05, 0) is 55.2 Å². The zero-order chi connectivity index (χ0) is 31.0. The predicted octanol–water partition coefficient (Wildman–Crippen LogP) is 2.63. The number of benzene rings is 2. The molecule has 1 saturated heterocycles. The summed E-state index contributed by atoms with van der Waals surface area (Å²) in [6.07, 6.45) is 3.90. The van der Waals surface area contributed by atoms with Crippen molar-refractivity contribution in [3.05, 3.63) is 96.3 Å². The Bertz CT molecular complexity index is 1570. The third-order valence-corrected chi connectivity index (χ3v) is 7.96. The van der Waals surface area contributed by atoms with E-state index in [0.717, 1.165) is 68.3 Å². The van der Waals surface area contributed by atoms with Crippen molar-refractivity contribution in [1.82, 2.24) is 30.3 Å². The second kappa shape index (κ2) is 14.5. The molecule has 0 radical (unpaired) electrons. The highest BCUT2D eigenvalue weighted by atomic mass is 16.5. The van der Waals surface area contributed by atoms with E-state index in [0.29, 0.717) is 12.4 Å². The van der Waals surface area contributed by atoms with Gasteiger partial charge in [-0.3, -0.25) is 14.5 Å². The number of ether oxygens (including phenoxy) is 2. The summed E-state index contributed by atoms with van der Waals surface area (Å²) in [6, 6.07) is 21.6. The number of hydrogen-bond acceptors (Lipinski definition) is 8. The molecule has 0 spiro atoms. The third-order valence-electron chi connectivity index (χ3n) is 7.96. The van der Waals surface area contributed by atoms with Crippen LogP contribution in [0.5, 0.6) is 5.75 Å². The van der Waals surface area contributed by atoms with E-state index in [1.54, 1.807) is 29.2 Å². The lowest BCUT2D eigenvalue weighted by atomic mass is 9.99. The number of amides is 2. The first kappa shape index (κ1) is 30.4. The number of morpholine rings is 1. The van der Waals surface area contributed by atoms with Gasteiger partial charge in [0.1, 0.15) is 12.4 Å². The molecule has 2 aliphatic rings. The smallest absolute Gasteiger partial charge is 0.255 e. The number of aliphatic hydroxyl groups excluding tert-OH is 1. The van der Waals surface area contributed by atoms with Gasteiger partial charge in [0.25, 0.3) is 11.8 Å². The Labute approximate surface area is 262 Å². The first-order chi connectivity index (χ1) is 22.0. The molecule has 2 atom stereocenters. The van der Waals surface area contributed by atoms with Gasteiger partial charge in [0.2, 0.25) is 0 Å². The summed E-state index contributed by atoms with van der Waals surface area (Å²) in [6.45, 7) is 4.69. The van der Waals surface area contributed by atoms with Crippen molar-refractivity contribution in [3.8, 4) is 22.8 Å². The number of carbonyl (C=O) groups is 2. The Hall–Kier alpha value is -4.58. The van der Waals surface area contributed by atoms with E-state index in [2.05, 4.69) is 25.6 Å². The van der Waals surface area contributed by atoms with Gasteiger partial charge in [0.05, 0.1) is 30.5 Å². The molecule has 2 amide bonds. The van der Waals surface area contributed by atoms with E-state index in [-0.39, 0.29) is 18.0 Å². The van der Waals surface area contributed by atoms with Crippen LogP contribution in [-0.2, 0) is 16.0 Å². The molecule has 4 aromatic rings. The molecule has 1 aliphatic carbocycles. The highest BCUT2D eigenvalue weighted by molar-refractivity contribution is 5.97. The van der Waals surface area contributed by atoms with E-state index < -0.39 is 24.0 Å². The summed E-state index contributed by atoms with van der Waals surface area (Å²) in [5.74, 6) is 0.0956. The molecule has 1 aliphatic heterocycles. The maximum absolute atomic E-state index is 13.7. The van der Waals surface area contributed by atoms with Gasteiger partial charge in [0, 0.05) is 43.6 Å². The normalized spacial score (nSPS) is 16.5. The van der Waals surface area contributed by atoms with Crippen LogP contribution in [0.25, 0.3) is 17.1 Å². The van der Waals surface area contributed by atoms with E-state index in [1.807, 2.05) is 60.7 Å². The monoisotopic (exact) mass is 610 g/mol. The lowest BCUT2D eigenvalue weighted by Crippen LogP contribution is -2.52. The zero-order valence-corrected chi connectivity index (χ0v) is 25.0. The minimum absolute atomic E-state index is 0.0703.